The van der Waals surface area contributed by atoms with Gasteiger partial charge in [0.15, 0.2) is 0 Å². The average molecular weight is 208 g/mol. The standard InChI is InChI=1S/C11H20N4/c1-9(2)15-10(4-5-13-15)11-8-12-6-7-14(11)3/h4-5,9,11-12H,6-8H2,1-3H3. The van der Waals surface area contributed by atoms with Gasteiger partial charge in [0.1, 0.15) is 0 Å². The van der Waals surface area contributed by atoms with Crippen molar-refractivity contribution < 1.29 is 0 Å². The zero-order valence-electron chi connectivity index (χ0n) is 9.77. The van der Waals surface area contributed by atoms with Crippen LogP contribution in [0, 0.1) is 0 Å². The van der Waals surface area contributed by atoms with Gasteiger partial charge >= 0.3 is 0 Å². The molecule has 0 aliphatic carbocycles. The first kappa shape index (κ1) is 10.6. The van der Waals surface area contributed by atoms with Crippen molar-refractivity contribution in [2.45, 2.75) is 25.9 Å². The fourth-order valence-corrected chi connectivity index (χ4v) is 2.16. The Morgan fingerprint density at radius 2 is 2.33 bits per heavy atom. The van der Waals surface area contributed by atoms with Crippen molar-refractivity contribution in [3.8, 4) is 0 Å². The molecule has 15 heavy (non-hydrogen) atoms. The topological polar surface area (TPSA) is 33.1 Å². The van der Waals surface area contributed by atoms with Crippen molar-refractivity contribution >= 4 is 0 Å². The van der Waals surface area contributed by atoms with Gasteiger partial charge in [-0.2, -0.15) is 5.10 Å². The number of rotatable bonds is 2. The Labute approximate surface area is 91.3 Å². The minimum Gasteiger partial charge on any atom is -0.313 e. The minimum atomic E-state index is 0.435. The second-order valence-electron chi connectivity index (χ2n) is 4.49. The number of piperazine rings is 1. The van der Waals surface area contributed by atoms with Gasteiger partial charge in [-0.3, -0.25) is 9.58 Å². The molecule has 84 valence electrons. The predicted molar refractivity (Wildman–Crippen MR) is 60.9 cm³/mol. The van der Waals surface area contributed by atoms with Crippen LogP contribution < -0.4 is 5.32 Å². The molecule has 1 aliphatic rings. The van der Waals surface area contributed by atoms with Gasteiger partial charge < -0.3 is 5.32 Å². The van der Waals surface area contributed by atoms with Gasteiger partial charge in [-0.05, 0) is 27.0 Å². The van der Waals surface area contributed by atoms with Gasteiger partial charge in [-0.1, -0.05) is 0 Å². The summed E-state index contributed by atoms with van der Waals surface area (Å²) in [5, 5.41) is 7.82. The van der Waals surface area contributed by atoms with Crippen molar-refractivity contribution in [3.05, 3.63) is 18.0 Å². The van der Waals surface area contributed by atoms with Gasteiger partial charge in [0.25, 0.3) is 0 Å². The third-order valence-electron chi connectivity index (χ3n) is 3.04. The Bertz CT molecular complexity index is 318. The van der Waals surface area contributed by atoms with Crippen molar-refractivity contribution in [2.24, 2.45) is 0 Å². The first-order valence-electron chi connectivity index (χ1n) is 5.64. The van der Waals surface area contributed by atoms with Crippen LogP contribution in [0.15, 0.2) is 12.3 Å². The Balaban J connectivity index is 2.23. The maximum Gasteiger partial charge on any atom is 0.0641 e. The molecule has 1 saturated heterocycles. The van der Waals surface area contributed by atoms with E-state index in [4.69, 9.17) is 0 Å². The Morgan fingerprint density at radius 1 is 1.53 bits per heavy atom. The fraction of sp³-hybridized carbons (Fsp3) is 0.727. The molecule has 0 saturated carbocycles. The third kappa shape index (κ3) is 2.06. The summed E-state index contributed by atoms with van der Waals surface area (Å²) in [7, 11) is 2.18. The zero-order valence-corrected chi connectivity index (χ0v) is 9.77. The van der Waals surface area contributed by atoms with Crippen LogP contribution in [0.5, 0.6) is 0 Å². The Kier molecular flexibility index (Phi) is 3.07. The highest BCUT2D eigenvalue weighted by molar-refractivity contribution is 5.09. The highest BCUT2D eigenvalue weighted by Crippen LogP contribution is 2.22. The third-order valence-corrected chi connectivity index (χ3v) is 3.04. The summed E-state index contributed by atoms with van der Waals surface area (Å²) in [6.07, 6.45) is 1.90. The summed E-state index contributed by atoms with van der Waals surface area (Å²) in [5.74, 6) is 0. The molecule has 1 atom stereocenters. The van der Waals surface area contributed by atoms with E-state index in [0.717, 1.165) is 19.6 Å². The number of hydrogen-bond acceptors (Lipinski definition) is 3. The van der Waals surface area contributed by atoms with E-state index >= 15 is 0 Å². The zero-order chi connectivity index (χ0) is 10.8. The summed E-state index contributed by atoms with van der Waals surface area (Å²) in [5.41, 5.74) is 1.32. The number of hydrogen-bond donors (Lipinski definition) is 1. The molecule has 1 aromatic heterocycles. The first-order valence-corrected chi connectivity index (χ1v) is 5.64. The van der Waals surface area contributed by atoms with E-state index in [2.05, 4.69) is 47.0 Å². The highest BCUT2D eigenvalue weighted by Gasteiger charge is 2.23. The molecular formula is C11H20N4. The first-order chi connectivity index (χ1) is 7.20. The van der Waals surface area contributed by atoms with E-state index < -0.39 is 0 Å². The average Bonchev–Trinajstić information content (AvgIpc) is 2.67. The van der Waals surface area contributed by atoms with Crippen LogP contribution in [0.4, 0.5) is 0 Å². The second-order valence-corrected chi connectivity index (χ2v) is 4.49. The maximum absolute atomic E-state index is 4.39. The molecule has 1 fully saturated rings. The SMILES string of the molecule is CC(C)n1nccc1C1CNCCN1C. The molecule has 0 bridgehead atoms. The lowest BCUT2D eigenvalue weighted by Gasteiger charge is -2.33. The smallest absolute Gasteiger partial charge is 0.0641 e. The van der Waals surface area contributed by atoms with Gasteiger partial charge in [0.2, 0.25) is 0 Å². The molecule has 1 N–H and O–H groups in total. The molecule has 0 amide bonds. The maximum atomic E-state index is 4.39. The van der Waals surface area contributed by atoms with E-state index in [1.807, 2.05) is 6.20 Å². The molecule has 1 aliphatic heterocycles. The van der Waals surface area contributed by atoms with Crippen LogP contribution in [-0.4, -0.2) is 41.4 Å². The molecular weight excluding hydrogens is 188 g/mol. The summed E-state index contributed by atoms with van der Waals surface area (Å²) >= 11 is 0. The van der Waals surface area contributed by atoms with E-state index in [1.165, 1.54) is 5.69 Å². The number of aromatic nitrogens is 2. The molecule has 0 aromatic carbocycles. The van der Waals surface area contributed by atoms with Crippen LogP contribution in [0.25, 0.3) is 0 Å². The fourth-order valence-electron chi connectivity index (χ4n) is 2.16. The molecule has 4 heteroatoms. The van der Waals surface area contributed by atoms with Gasteiger partial charge in [-0.15, -0.1) is 0 Å². The quantitative estimate of drug-likeness (QED) is 0.788. The summed E-state index contributed by atoms with van der Waals surface area (Å²) in [6.45, 7) is 7.56. The summed E-state index contributed by atoms with van der Waals surface area (Å²) in [6, 6.07) is 3.03. The van der Waals surface area contributed by atoms with E-state index in [0.29, 0.717) is 12.1 Å². The molecule has 0 spiro atoms. The van der Waals surface area contributed by atoms with Crippen molar-refractivity contribution in [3.63, 3.8) is 0 Å². The molecule has 2 rings (SSSR count). The Morgan fingerprint density at radius 3 is 3.00 bits per heavy atom. The molecule has 0 radical (unpaired) electrons. The normalized spacial score (nSPS) is 23.6. The summed E-state index contributed by atoms with van der Waals surface area (Å²) < 4.78 is 2.12. The molecule has 2 heterocycles. The number of likely N-dealkylation sites (N-methyl/N-ethyl adjacent to an activating group) is 1. The molecule has 1 aromatic rings. The van der Waals surface area contributed by atoms with E-state index in [-0.39, 0.29) is 0 Å². The van der Waals surface area contributed by atoms with Crippen molar-refractivity contribution in [2.75, 3.05) is 26.7 Å². The van der Waals surface area contributed by atoms with Gasteiger partial charge in [0, 0.05) is 31.9 Å². The number of nitrogens with zero attached hydrogens (tertiary/aromatic N) is 3. The lowest BCUT2D eigenvalue weighted by molar-refractivity contribution is 0.190. The lowest BCUT2D eigenvalue weighted by Crippen LogP contribution is -2.44. The largest absolute Gasteiger partial charge is 0.313 e. The summed E-state index contributed by atoms with van der Waals surface area (Å²) in [4.78, 5) is 2.40. The van der Waals surface area contributed by atoms with Crippen LogP contribution in [0.1, 0.15) is 31.6 Å². The van der Waals surface area contributed by atoms with E-state index in [9.17, 15) is 0 Å². The molecule has 4 nitrogen and oxygen atoms in total. The Hall–Kier alpha value is -0.870. The molecule has 1 unspecified atom stereocenters. The predicted octanol–water partition coefficient (Wildman–Crippen LogP) is 1.04. The van der Waals surface area contributed by atoms with Crippen LogP contribution in [0.2, 0.25) is 0 Å². The van der Waals surface area contributed by atoms with Gasteiger partial charge in [-0.25, -0.2) is 0 Å². The second kappa shape index (κ2) is 4.33. The monoisotopic (exact) mass is 208 g/mol. The minimum absolute atomic E-state index is 0.435. The van der Waals surface area contributed by atoms with Crippen LogP contribution >= 0.6 is 0 Å². The highest BCUT2D eigenvalue weighted by atomic mass is 15.3. The van der Waals surface area contributed by atoms with Crippen molar-refractivity contribution in [1.29, 1.82) is 0 Å². The van der Waals surface area contributed by atoms with Crippen LogP contribution in [0.3, 0.4) is 0 Å². The lowest BCUT2D eigenvalue weighted by atomic mass is 10.1. The van der Waals surface area contributed by atoms with E-state index in [1.54, 1.807) is 0 Å². The van der Waals surface area contributed by atoms with Crippen molar-refractivity contribution in [1.82, 2.24) is 20.0 Å². The van der Waals surface area contributed by atoms with Crippen LogP contribution in [-0.2, 0) is 0 Å². The number of nitrogens with one attached hydrogen (secondary N) is 1. The van der Waals surface area contributed by atoms with Gasteiger partial charge in [0.05, 0.1) is 11.7 Å².